The number of aryl methyl sites for hydroxylation is 1. The summed E-state index contributed by atoms with van der Waals surface area (Å²) in [6.45, 7) is 1.99. The van der Waals surface area contributed by atoms with Crippen LogP contribution in [0, 0.1) is 6.92 Å². The minimum atomic E-state index is -0.0342. The third-order valence-electron chi connectivity index (χ3n) is 2.64. The minimum Gasteiger partial charge on any atom is -0.374 e. The molecule has 2 rings (SSSR count). The number of allylic oxidation sites excluding steroid dienone is 1. The Morgan fingerprint density at radius 2 is 2.06 bits per heavy atom. The number of hydrogen-bond donors (Lipinski definition) is 1. The van der Waals surface area contributed by atoms with Crippen LogP contribution in [0.2, 0.25) is 0 Å². The first kappa shape index (κ1) is 12.1. The fourth-order valence-corrected chi connectivity index (χ4v) is 1.60. The van der Waals surface area contributed by atoms with E-state index in [4.69, 9.17) is 0 Å². The molecule has 4 heteroatoms. The molecular formula is C14H15N3O. The highest BCUT2D eigenvalue weighted by Gasteiger charge is 2.05. The number of nitrogens with zero attached hydrogens (tertiary/aromatic N) is 2. The number of hydrogen-bond acceptors (Lipinski definition) is 3. The quantitative estimate of drug-likeness (QED) is 0.658. The zero-order chi connectivity index (χ0) is 13.0. The molecule has 0 fully saturated rings. The predicted octanol–water partition coefficient (Wildman–Crippen LogP) is 2.09. The molecule has 1 heterocycles. The number of imidazole rings is 1. The van der Waals surface area contributed by atoms with E-state index in [0.717, 1.165) is 5.56 Å². The summed E-state index contributed by atoms with van der Waals surface area (Å²) in [5.74, 6) is 0.658. The maximum atomic E-state index is 12.1. The predicted molar refractivity (Wildman–Crippen MR) is 71.1 cm³/mol. The molecule has 92 valence electrons. The Kier molecular flexibility index (Phi) is 3.57. The number of aromatic nitrogens is 2. The Morgan fingerprint density at radius 1 is 1.33 bits per heavy atom. The van der Waals surface area contributed by atoms with Gasteiger partial charge in [0.1, 0.15) is 12.1 Å². The second-order valence-corrected chi connectivity index (χ2v) is 3.98. The van der Waals surface area contributed by atoms with Gasteiger partial charge in [0, 0.05) is 31.1 Å². The number of nitrogens with one attached hydrogen (secondary N) is 1. The second-order valence-electron chi connectivity index (χ2n) is 3.98. The Bertz CT molecular complexity index is 553. The summed E-state index contributed by atoms with van der Waals surface area (Å²) in [4.78, 5) is 16.0. The lowest BCUT2D eigenvalue weighted by Gasteiger charge is -2.07. The van der Waals surface area contributed by atoms with Crippen molar-refractivity contribution in [2.75, 3.05) is 7.05 Å². The molecular weight excluding hydrogens is 226 g/mol. The summed E-state index contributed by atoms with van der Waals surface area (Å²) in [6.07, 6.45) is 6.66. The fraction of sp³-hybridized carbons (Fsp3) is 0.143. The summed E-state index contributed by atoms with van der Waals surface area (Å²) < 4.78 is 1.76. The maximum absolute atomic E-state index is 12.1. The molecule has 0 saturated heterocycles. The van der Waals surface area contributed by atoms with Crippen LogP contribution in [0.4, 0.5) is 0 Å². The zero-order valence-electron chi connectivity index (χ0n) is 10.4. The first-order valence-electron chi connectivity index (χ1n) is 5.69. The smallest absolute Gasteiger partial charge is 0.189 e. The third kappa shape index (κ3) is 2.66. The van der Waals surface area contributed by atoms with E-state index in [0.29, 0.717) is 11.4 Å². The van der Waals surface area contributed by atoms with Crippen molar-refractivity contribution >= 4 is 11.6 Å². The van der Waals surface area contributed by atoms with Crippen LogP contribution in [0.3, 0.4) is 0 Å². The summed E-state index contributed by atoms with van der Waals surface area (Å²) >= 11 is 0. The molecule has 0 saturated carbocycles. The van der Waals surface area contributed by atoms with E-state index in [2.05, 4.69) is 10.3 Å². The van der Waals surface area contributed by atoms with E-state index in [-0.39, 0.29) is 5.78 Å². The number of rotatable bonds is 4. The highest BCUT2D eigenvalue weighted by molar-refractivity contribution is 6.07. The summed E-state index contributed by atoms with van der Waals surface area (Å²) in [5.41, 5.74) is 1.81. The Labute approximate surface area is 106 Å². The van der Waals surface area contributed by atoms with Crippen molar-refractivity contribution in [2.24, 2.45) is 0 Å². The van der Waals surface area contributed by atoms with Crippen molar-refractivity contribution in [2.45, 2.75) is 6.92 Å². The van der Waals surface area contributed by atoms with Gasteiger partial charge in [0.05, 0.1) is 0 Å². The molecule has 0 aliphatic rings. The monoisotopic (exact) mass is 241 g/mol. The van der Waals surface area contributed by atoms with Crippen LogP contribution in [0.5, 0.6) is 0 Å². The van der Waals surface area contributed by atoms with E-state index in [9.17, 15) is 4.79 Å². The molecule has 0 aliphatic carbocycles. The normalized spacial score (nSPS) is 11.3. The van der Waals surface area contributed by atoms with Gasteiger partial charge in [0.2, 0.25) is 0 Å². The fourth-order valence-electron chi connectivity index (χ4n) is 1.60. The highest BCUT2D eigenvalue weighted by Crippen LogP contribution is 2.07. The molecule has 0 bridgehead atoms. The van der Waals surface area contributed by atoms with Crippen LogP contribution in [-0.2, 0) is 0 Å². The Balaban J connectivity index is 2.26. The van der Waals surface area contributed by atoms with Gasteiger partial charge in [-0.2, -0.15) is 0 Å². The van der Waals surface area contributed by atoms with Crippen molar-refractivity contribution in [1.29, 1.82) is 0 Å². The molecule has 0 aliphatic heterocycles. The third-order valence-corrected chi connectivity index (χ3v) is 2.64. The molecule has 0 radical (unpaired) electrons. The van der Waals surface area contributed by atoms with Gasteiger partial charge < -0.3 is 5.32 Å². The van der Waals surface area contributed by atoms with Gasteiger partial charge in [-0.3, -0.25) is 9.36 Å². The average Bonchev–Trinajstić information content (AvgIpc) is 2.90. The molecule has 1 aromatic heterocycles. The summed E-state index contributed by atoms with van der Waals surface area (Å²) in [7, 11) is 1.77. The van der Waals surface area contributed by atoms with E-state index in [1.807, 2.05) is 31.2 Å². The highest BCUT2D eigenvalue weighted by atomic mass is 16.1. The summed E-state index contributed by atoms with van der Waals surface area (Å²) in [6, 6.07) is 7.51. The lowest BCUT2D eigenvalue weighted by atomic mass is 10.1. The van der Waals surface area contributed by atoms with Crippen molar-refractivity contribution in [3.05, 3.63) is 60.2 Å². The van der Waals surface area contributed by atoms with Crippen molar-refractivity contribution in [1.82, 2.24) is 14.9 Å². The van der Waals surface area contributed by atoms with Crippen molar-refractivity contribution < 1.29 is 4.79 Å². The number of benzene rings is 1. The summed E-state index contributed by atoms with van der Waals surface area (Å²) in [5, 5.41) is 2.98. The lowest BCUT2D eigenvalue weighted by Crippen LogP contribution is -2.12. The van der Waals surface area contributed by atoms with E-state index in [1.165, 1.54) is 0 Å². The SMILES string of the molecule is CN/C(=C/C(=O)c1ccc(C)cc1)n1ccnc1. The van der Waals surface area contributed by atoms with Gasteiger partial charge in [0.25, 0.3) is 0 Å². The van der Waals surface area contributed by atoms with Gasteiger partial charge in [-0.15, -0.1) is 0 Å². The van der Waals surface area contributed by atoms with Gasteiger partial charge in [-0.1, -0.05) is 29.8 Å². The van der Waals surface area contributed by atoms with Gasteiger partial charge in [-0.05, 0) is 6.92 Å². The van der Waals surface area contributed by atoms with Gasteiger partial charge in [-0.25, -0.2) is 4.98 Å². The Hall–Kier alpha value is -2.36. The number of carbonyl (C=O) groups excluding carboxylic acids is 1. The molecule has 1 N–H and O–H groups in total. The molecule has 0 amide bonds. The molecule has 1 aromatic carbocycles. The topological polar surface area (TPSA) is 46.9 Å². The largest absolute Gasteiger partial charge is 0.374 e. The van der Waals surface area contributed by atoms with Crippen LogP contribution in [0.15, 0.2) is 49.1 Å². The van der Waals surface area contributed by atoms with Crippen LogP contribution in [0.1, 0.15) is 15.9 Å². The van der Waals surface area contributed by atoms with E-state index < -0.39 is 0 Å². The van der Waals surface area contributed by atoms with E-state index >= 15 is 0 Å². The molecule has 2 aromatic rings. The average molecular weight is 241 g/mol. The van der Waals surface area contributed by atoms with Crippen molar-refractivity contribution in [3.8, 4) is 0 Å². The zero-order valence-corrected chi connectivity index (χ0v) is 10.4. The first-order chi connectivity index (χ1) is 8.70. The number of ketones is 1. The maximum Gasteiger partial charge on any atom is 0.189 e. The molecule has 0 atom stereocenters. The van der Waals surface area contributed by atoms with Crippen LogP contribution in [-0.4, -0.2) is 22.4 Å². The molecule has 4 nitrogen and oxygen atoms in total. The standard InChI is InChI=1S/C14H15N3O/c1-11-3-5-12(6-4-11)13(18)9-14(15-2)17-8-7-16-10-17/h3-10,15H,1-2H3/b14-9-. The molecule has 0 unspecified atom stereocenters. The van der Waals surface area contributed by atoms with Gasteiger partial charge in [0.15, 0.2) is 5.78 Å². The molecule has 0 spiro atoms. The number of carbonyl (C=O) groups is 1. The van der Waals surface area contributed by atoms with Crippen LogP contribution >= 0.6 is 0 Å². The van der Waals surface area contributed by atoms with Crippen molar-refractivity contribution in [3.63, 3.8) is 0 Å². The van der Waals surface area contributed by atoms with Crippen LogP contribution in [0.25, 0.3) is 5.82 Å². The van der Waals surface area contributed by atoms with Gasteiger partial charge >= 0.3 is 0 Å². The Morgan fingerprint density at radius 3 is 2.61 bits per heavy atom. The second kappa shape index (κ2) is 5.31. The minimum absolute atomic E-state index is 0.0342. The lowest BCUT2D eigenvalue weighted by molar-refractivity contribution is 0.104. The van der Waals surface area contributed by atoms with Crippen LogP contribution < -0.4 is 5.32 Å². The molecule has 18 heavy (non-hydrogen) atoms. The van der Waals surface area contributed by atoms with E-state index in [1.54, 1.807) is 36.4 Å². The first-order valence-corrected chi connectivity index (χ1v) is 5.69.